The quantitative estimate of drug-likeness (QED) is 0.864. The van der Waals surface area contributed by atoms with E-state index >= 15 is 0 Å². The minimum Gasteiger partial charge on any atom is -0.375 e. The number of hydrogen-bond donors (Lipinski definition) is 1. The standard InChI is InChI=1S/C16H22BrN3O3/c1-12(13-5-3-4-6-14(13)17)18-16(22)20-9-7-19(8-10-20)15(21)11-23-2/h3-6,12H,7-11H2,1-2H3,(H,18,22). The first-order chi connectivity index (χ1) is 11.0. The molecule has 1 aromatic carbocycles. The van der Waals surface area contributed by atoms with E-state index in [2.05, 4.69) is 21.2 Å². The second-order valence-electron chi connectivity index (χ2n) is 5.49. The molecule has 3 amide bonds. The van der Waals surface area contributed by atoms with Gasteiger partial charge in [-0.15, -0.1) is 0 Å². The fourth-order valence-electron chi connectivity index (χ4n) is 2.55. The molecule has 0 radical (unpaired) electrons. The fraction of sp³-hybridized carbons (Fsp3) is 0.500. The summed E-state index contributed by atoms with van der Waals surface area (Å²) in [7, 11) is 1.50. The molecule has 23 heavy (non-hydrogen) atoms. The molecule has 1 N–H and O–H groups in total. The van der Waals surface area contributed by atoms with Gasteiger partial charge in [-0.2, -0.15) is 0 Å². The summed E-state index contributed by atoms with van der Waals surface area (Å²) in [4.78, 5) is 27.6. The highest BCUT2D eigenvalue weighted by Crippen LogP contribution is 2.22. The van der Waals surface area contributed by atoms with Crippen molar-refractivity contribution in [2.45, 2.75) is 13.0 Å². The number of methoxy groups -OCH3 is 1. The summed E-state index contributed by atoms with van der Waals surface area (Å²) in [5.74, 6) is -0.0332. The Morgan fingerprint density at radius 2 is 1.83 bits per heavy atom. The molecular weight excluding hydrogens is 362 g/mol. The van der Waals surface area contributed by atoms with Crippen LogP contribution in [0.25, 0.3) is 0 Å². The maximum absolute atomic E-state index is 12.4. The number of nitrogens with zero attached hydrogens (tertiary/aromatic N) is 2. The van der Waals surface area contributed by atoms with Gasteiger partial charge < -0.3 is 19.9 Å². The minimum absolute atomic E-state index is 0.0332. The molecule has 1 atom stereocenters. The average molecular weight is 384 g/mol. The Morgan fingerprint density at radius 3 is 2.43 bits per heavy atom. The number of urea groups is 1. The second kappa shape index (κ2) is 8.31. The van der Waals surface area contributed by atoms with Gasteiger partial charge in [0.05, 0.1) is 6.04 Å². The highest BCUT2D eigenvalue weighted by atomic mass is 79.9. The Hall–Kier alpha value is -1.60. The summed E-state index contributed by atoms with van der Waals surface area (Å²) in [6.45, 7) is 4.19. The third-order valence-corrected chi connectivity index (χ3v) is 4.62. The molecule has 2 rings (SSSR count). The van der Waals surface area contributed by atoms with Crippen molar-refractivity contribution >= 4 is 27.9 Å². The number of nitrogens with one attached hydrogen (secondary N) is 1. The molecule has 1 heterocycles. The van der Waals surface area contributed by atoms with Crippen molar-refractivity contribution in [3.8, 4) is 0 Å². The maximum Gasteiger partial charge on any atom is 0.317 e. The van der Waals surface area contributed by atoms with Crippen molar-refractivity contribution < 1.29 is 14.3 Å². The van der Waals surface area contributed by atoms with Crippen molar-refractivity contribution in [2.24, 2.45) is 0 Å². The van der Waals surface area contributed by atoms with Crippen LogP contribution in [0.1, 0.15) is 18.5 Å². The summed E-state index contributed by atoms with van der Waals surface area (Å²) in [5.41, 5.74) is 1.04. The lowest BCUT2D eigenvalue weighted by Gasteiger charge is -2.35. The molecule has 1 aromatic rings. The Morgan fingerprint density at radius 1 is 1.22 bits per heavy atom. The molecule has 1 saturated heterocycles. The van der Waals surface area contributed by atoms with Crippen molar-refractivity contribution in [1.29, 1.82) is 0 Å². The van der Waals surface area contributed by atoms with E-state index in [1.165, 1.54) is 7.11 Å². The Bertz CT molecular complexity index is 559. The van der Waals surface area contributed by atoms with Crippen LogP contribution >= 0.6 is 15.9 Å². The van der Waals surface area contributed by atoms with Crippen LogP contribution in [0.4, 0.5) is 4.79 Å². The molecule has 6 nitrogen and oxygen atoms in total. The van der Waals surface area contributed by atoms with Crippen molar-refractivity contribution in [1.82, 2.24) is 15.1 Å². The van der Waals surface area contributed by atoms with E-state index in [0.717, 1.165) is 10.0 Å². The molecule has 126 valence electrons. The average Bonchev–Trinajstić information content (AvgIpc) is 2.55. The van der Waals surface area contributed by atoms with Gasteiger partial charge in [0.25, 0.3) is 0 Å². The lowest BCUT2D eigenvalue weighted by atomic mass is 10.1. The van der Waals surface area contributed by atoms with E-state index in [1.807, 2.05) is 31.2 Å². The highest BCUT2D eigenvalue weighted by molar-refractivity contribution is 9.10. The van der Waals surface area contributed by atoms with E-state index < -0.39 is 0 Å². The predicted molar refractivity (Wildman–Crippen MR) is 91.1 cm³/mol. The molecule has 7 heteroatoms. The van der Waals surface area contributed by atoms with Crippen LogP contribution in [0.15, 0.2) is 28.7 Å². The Kier molecular flexibility index (Phi) is 6.41. The topological polar surface area (TPSA) is 61.9 Å². The SMILES string of the molecule is COCC(=O)N1CCN(C(=O)NC(C)c2ccccc2Br)CC1. The number of hydrogen-bond acceptors (Lipinski definition) is 3. The Labute approximate surface area is 144 Å². The number of ether oxygens (including phenoxy) is 1. The van der Waals surface area contributed by atoms with Crippen LogP contribution < -0.4 is 5.32 Å². The van der Waals surface area contributed by atoms with Crippen molar-refractivity contribution in [2.75, 3.05) is 39.9 Å². The monoisotopic (exact) mass is 383 g/mol. The smallest absolute Gasteiger partial charge is 0.317 e. The van der Waals surface area contributed by atoms with Gasteiger partial charge in [0.2, 0.25) is 5.91 Å². The maximum atomic E-state index is 12.4. The van der Waals surface area contributed by atoms with Gasteiger partial charge in [-0.1, -0.05) is 34.1 Å². The van der Waals surface area contributed by atoms with E-state index in [-0.39, 0.29) is 24.6 Å². The minimum atomic E-state index is -0.105. The van der Waals surface area contributed by atoms with Gasteiger partial charge in [0, 0.05) is 37.8 Å². The second-order valence-corrected chi connectivity index (χ2v) is 6.35. The van der Waals surface area contributed by atoms with Gasteiger partial charge in [-0.3, -0.25) is 4.79 Å². The number of benzene rings is 1. The van der Waals surface area contributed by atoms with Gasteiger partial charge in [0.15, 0.2) is 0 Å². The van der Waals surface area contributed by atoms with Crippen LogP contribution in [0.2, 0.25) is 0 Å². The lowest BCUT2D eigenvalue weighted by molar-refractivity contribution is -0.136. The third kappa shape index (κ3) is 4.68. The zero-order valence-corrected chi connectivity index (χ0v) is 15.0. The molecule has 1 unspecified atom stereocenters. The van der Waals surface area contributed by atoms with Crippen LogP contribution in [0.5, 0.6) is 0 Å². The molecule has 1 aliphatic heterocycles. The number of amides is 3. The fourth-order valence-corrected chi connectivity index (χ4v) is 3.18. The third-order valence-electron chi connectivity index (χ3n) is 3.90. The first-order valence-corrected chi connectivity index (χ1v) is 8.38. The molecule has 0 bridgehead atoms. The number of carbonyl (C=O) groups is 2. The first-order valence-electron chi connectivity index (χ1n) is 7.59. The summed E-state index contributed by atoms with van der Waals surface area (Å²) >= 11 is 3.50. The number of piperazine rings is 1. The van der Waals surface area contributed by atoms with Gasteiger partial charge >= 0.3 is 6.03 Å². The van der Waals surface area contributed by atoms with E-state index in [1.54, 1.807) is 9.80 Å². The molecule has 0 spiro atoms. The van der Waals surface area contributed by atoms with Crippen LogP contribution in [0.3, 0.4) is 0 Å². The summed E-state index contributed by atoms with van der Waals surface area (Å²) in [6, 6.07) is 7.63. The lowest BCUT2D eigenvalue weighted by Crippen LogP contribution is -2.54. The van der Waals surface area contributed by atoms with Gasteiger partial charge in [0.1, 0.15) is 6.61 Å². The van der Waals surface area contributed by atoms with Crippen molar-refractivity contribution in [3.63, 3.8) is 0 Å². The predicted octanol–water partition coefficient (Wildman–Crippen LogP) is 2.01. The van der Waals surface area contributed by atoms with Crippen LogP contribution in [-0.4, -0.2) is 61.6 Å². The molecule has 0 saturated carbocycles. The Balaban J connectivity index is 1.86. The zero-order valence-electron chi connectivity index (χ0n) is 13.4. The van der Waals surface area contributed by atoms with Crippen molar-refractivity contribution in [3.05, 3.63) is 34.3 Å². The number of rotatable bonds is 4. The number of carbonyl (C=O) groups excluding carboxylic acids is 2. The largest absolute Gasteiger partial charge is 0.375 e. The van der Waals surface area contributed by atoms with E-state index in [0.29, 0.717) is 26.2 Å². The molecule has 0 aromatic heterocycles. The molecule has 0 aliphatic carbocycles. The highest BCUT2D eigenvalue weighted by Gasteiger charge is 2.25. The normalized spacial score (nSPS) is 16.1. The first kappa shape index (κ1) is 17.7. The van der Waals surface area contributed by atoms with Crippen LogP contribution in [-0.2, 0) is 9.53 Å². The summed E-state index contributed by atoms with van der Waals surface area (Å²) < 4.78 is 5.83. The van der Waals surface area contributed by atoms with Crippen LogP contribution in [0, 0.1) is 0 Å². The van der Waals surface area contributed by atoms with Gasteiger partial charge in [-0.05, 0) is 18.6 Å². The summed E-state index contributed by atoms with van der Waals surface area (Å²) in [6.07, 6.45) is 0. The molecule has 1 aliphatic rings. The zero-order chi connectivity index (χ0) is 16.8. The molecular formula is C16H22BrN3O3. The van der Waals surface area contributed by atoms with Gasteiger partial charge in [-0.25, -0.2) is 4.79 Å². The number of halogens is 1. The van der Waals surface area contributed by atoms with E-state index in [9.17, 15) is 9.59 Å². The van der Waals surface area contributed by atoms with E-state index in [4.69, 9.17) is 4.74 Å². The summed E-state index contributed by atoms with van der Waals surface area (Å²) in [5, 5.41) is 3.00. The molecule has 1 fully saturated rings.